The maximum absolute atomic E-state index is 12.9. The molecule has 1 aromatic carbocycles. The van der Waals surface area contributed by atoms with Gasteiger partial charge in [0.05, 0.1) is 0 Å². The summed E-state index contributed by atoms with van der Waals surface area (Å²) in [6.45, 7) is 5.72. The second-order valence-corrected chi connectivity index (χ2v) is 5.38. The first-order chi connectivity index (χ1) is 10.5. The average molecular weight is 305 g/mol. The number of aromatic nitrogens is 2. The predicted octanol–water partition coefficient (Wildman–Crippen LogP) is 3.49. The Kier molecular flexibility index (Phi) is 5.25. The molecule has 0 aliphatic rings. The highest BCUT2D eigenvalue weighted by atomic mass is 19.1. The summed E-state index contributed by atoms with van der Waals surface area (Å²) in [6.07, 6.45) is 1.79. The summed E-state index contributed by atoms with van der Waals surface area (Å²) in [6, 6.07) is 5.47. The lowest BCUT2D eigenvalue weighted by Gasteiger charge is -2.14. The van der Waals surface area contributed by atoms with Gasteiger partial charge in [-0.3, -0.25) is 4.79 Å². The van der Waals surface area contributed by atoms with Crippen LogP contribution in [-0.4, -0.2) is 16.0 Å². The van der Waals surface area contributed by atoms with Gasteiger partial charge in [0.1, 0.15) is 11.9 Å². The number of nitrogens with zero attached hydrogens (tertiary/aromatic N) is 2. The van der Waals surface area contributed by atoms with Gasteiger partial charge in [-0.25, -0.2) is 4.39 Å². The third-order valence-corrected chi connectivity index (χ3v) is 3.44. The van der Waals surface area contributed by atoms with Crippen LogP contribution in [0.15, 0.2) is 28.8 Å². The van der Waals surface area contributed by atoms with Crippen molar-refractivity contribution in [1.29, 1.82) is 0 Å². The largest absolute Gasteiger partial charge is 0.344 e. The number of nitrogens with one attached hydrogen (secondary N) is 1. The van der Waals surface area contributed by atoms with Crippen LogP contribution in [0, 0.1) is 11.7 Å². The van der Waals surface area contributed by atoms with Crippen molar-refractivity contribution in [2.24, 2.45) is 5.92 Å². The number of hydrogen-bond donors (Lipinski definition) is 1. The van der Waals surface area contributed by atoms with E-state index in [4.69, 9.17) is 4.52 Å². The fourth-order valence-electron chi connectivity index (χ4n) is 2.11. The monoisotopic (exact) mass is 305 g/mol. The molecule has 1 heterocycles. The van der Waals surface area contributed by atoms with Crippen LogP contribution >= 0.6 is 0 Å². The van der Waals surface area contributed by atoms with E-state index in [0.29, 0.717) is 17.3 Å². The van der Waals surface area contributed by atoms with E-state index < -0.39 is 0 Å². The van der Waals surface area contributed by atoms with E-state index in [9.17, 15) is 9.18 Å². The summed E-state index contributed by atoms with van der Waals surface area (Å²) in [7, 11) is 0. The van der Waals surface area contributed by atoms with Crippen LogP contribution in [0.5, 0.6) is 0 Å². The highest BCUT2D eigenvalue weighted by molar-refractivity contribution is 5.78. The highest BCUT2D eigenvalue weighted by Crippen LogP contribution is 2.19. The maximum atomic E-state index is 12.9. The zero-order chi connectivity index (χ0) is 16.1. The fraction of sp³-hybridized carbons (Fsp3) is 0.438. The number of carbonyl (C=O) groups is 1. The molecule has 0 bridgehead atoms. The topological polar surface area (TPSA) is 68.0 Å². The molecule has 5 nitrogen and oxygen atoms in total. The van der Waals surface area contributed by atoms with Crippen molar-refractivity contribution >= 4 is 5.91 Å². The van der Waals surface area contributed by atoms with Gasteiger partial charge >= 0.3 is 0 Å². The molecule has 0 saturated carbocycles. The number of amides is 1. The average Bonchev–Trinajstić information content (AvgIpc) is 2.98. The van der Waals surface area contributed by atoms with Gasteiger partial charge in [0.15, 0.2) is 0 Å². The molecule has 1 N–H and O–H groups in total. The first kappa shape index (κ1) is 16.1. The summed E-state index contributed by atoms with van der Waals surface area (Å²) >= 11 is 0. The Bertz CT molecular complexity index is 625. The van der Waals surface area contributed by atoms with Crippen LogP contribution in [0.4, 0.5) is 4.39 Å². The first-order valence-electron chi connectivity index (χ1n) is 7.41. The van der Waals surface area contributed by atoms with Gasteiger partial charge in [0.25, 0.3) is 0 Å². The number of rotatable bonds is 6. The van der Waals surface area contributed by atoms with Crippen molar-refractivity contribution in [3.8, 4) is 11.4 Å². The molecule has 1 aromatic heterocycles. The molecule has 2 rings (SSSR count). The Morgan fingerprint density at radius 3 is 2.64 bits per heavy atom. The molecule has 0 aliphatic heterocycles. The Hall–Kier alpha value is -2.24. The number of carbonyl (C=O) groups excluding carboxylic acids is 1. The fourth-order valence-corrected chi connectivity index (χ4v) is 2.11. The summed E-state index contributed by atoms with van der Waals surface area (Å²) in [5.74, 6) is 0.301. The van der Waals surface area contributed by atoms with E-state index in [1.165, 1.54) is 12.1 Å². The minimum Gasteiger partial charge on any atom is -0.344 e. The Balaban J connectivity index is 2.04. The summed E-state index contributed by atoms with van der Waals surface area (Å²) < 4.78 is 18.1. The molecule has 0 fully saturated rings. The van der Waals surface area contributed by atoms with Crippen LogP contribution in [0.25, 0.3) is 11.4 Å². The van der Waals surface area contributed by atoms with Crippen LogP contribution < -0.4 is 5.32 Å². The zero-order valence-corrected chi connectivity index (χ0v) is 13.0. The summed E-state index contributed by atoms with van der Waals surface area (Å²) in [5, 5.41) is 6.73. The van der Waals surface area contributed by atoms with E-state index in [2.05, 4.69) is 15.5 Å². The van der Waals surface area contributed by atoms with E-state index in [1.54, 1.807) is 19.1 Å². The number of hydrogen-bond acceptors (Lipinski definition) is 4. The van der Waals surface area contributed by atoms with E-state index in [0.717, 1.165) is 12.8 Å². The molecule has 0 spiro atoms. The van der Waals surface area contributed by atoms with Crippen LogP contribution in [-0.2, 0) is 4.79 Å². The minimum atomic E-state index is -0.367. The Morgan fingerprint density at radius 1 is 1.32 bits per heavy atom. The van der Waals surface area contributed by atoms with Gasteiger partial charge in [0.2, 0.25) is 17.6 Å². The molecule has 6 heteroatoms. The van der Waals surface area contributed by atoms with Crippen LogP contribution in [0.2, 0.25) is 0 Å². The molecule has 118 valence electrons. The third kappa shape index (κ3) is 3.90. The molecular formula is C16H20FN3O2. The van der Waals surface area contributed by atoms with Crippen molar-refractivity contribution in [2.45, 2.75) is 39.7 Å². The second kappa shape index (κ2) is 7.15. The normalized spacial score (nSPS) is 13.6. The second-order valence-electron chi connectivity index (χ2n) is 5.38. The predicted molar refractivity (Wildman–Crippen MR) is 80.3 cm³/mol. The Labute approximate surface area is 128 Å². The van der Waals surface area contributed by atoms with Crippen molar-refractivity contribution in [1.82, 2.24) is 15.5 Å². The lowest BCUT2D eigenvalue weighted by atomic mass is 10.1. The standard InChI is InChI=1S/C16H20FN3O2/c1-4-5-10(2)15(21)18-11(3)16-19-14(20-22-16)12-6-8-13(17)9-7-12/h6-11H,4-5H2,1-3H3,(H,18,21). The van der Waals surface area contributed by atoms with Gasteiger partial charge in [-0.05, 0) is 37.6 Å². The lowest BCUT2D eigenvalue weighted by Crippen LogP contribution is -2.31. The molecule has 0 aliphatic carbocycles. The minimum absolute atomic E-state index is 0.0316. The molecule has 1 amide bonds. The van der Waals surface area contributed by atoms with Crippen molar-refractivity contribution in [2.75, 3.05) is 0 Å². The number of benzene rings is 1. The van der Waals surface area contributed by atoms with Crippen molar-refractivity contribution in [3.63, 3.8) is 0 Å². The quantitative estimate of drug-likeness (QED) is 0.887. The Morgan fingerprint density at radius 2 is 2.00 bits per heavy atom. The maximum Gasteiger partial charge on any atom is 0.249 e. The third-order valence-electron chi connectivity index (χ3n) is 3.44. The first-order valence-corrected chi connectivity index (χ1v) is 7.41. The van der Waals surface area contributed by atoms with Crippen molar-refractivity contribution < 1.29 is 13.7 Å². The molecule has 2 unspecified atom stereocenters. The molecule has 22 heavy (non-hydrogen) atoms. The van der Waals surface area contributed by atoms with Gasteiger partial charge in [-0.2, -0.15) is 4.98 Å². The van der Waals surface area contributed by atoms with Gasteiger partial charge in [-0.1, -0.05) is 25.4 Å². The SMILES string of the molecule is CCCC(C)C(=O)NC(C)c1nc(-c2ccc(F)cc2)no1. The number of halogens is 1. The molecule has 2 aromatic rings. The van der Waals surface area contributed by atoms with Gasteiger partial charge in [-0.15, -0.1) is 0 Å². The molecule has 0 saturated heterocycles. The highest BCUT2D eigenvalue weighted by Gasteiger charge is 2.20. The molecule has 0 radical (unpaired) electrons. The van der Waals surface area contributed by atoms with Crippen LogP contribution in [0.1, 0.15) is 45.5 Å². The van der Waals surface area contributed by atoms with Crippen molar-refractivity contribution in [3.05, 3.63) is 36.0 Å². The smallest absolute Gasteiger partial charge is 0.249 e. The van der Waals surface area contributed by atoms with E-state index in [-0.39, 0.29) is 23.7 Å². The molecular weight excluding hydrogens is 285 g/mol. The van der Waals surface area contributed by atoms with Gasteiger partial charge in [0, 0.05) is 11.5 Å². The van der Waals surface area contributed by atoms with Gasteiger partial charge < -0.3 is 9.84 Å². The molecule has 2 atom stereocenters. The summed E-state index contributed by atoms with van der Waals surface area (Å²) in [5.41, 5.74) is 0.661. The zero-order valence-electron chi connectivity index (χ0n) is 13.0. The van der Waals surface area contributed by atoms with E-state index in [1.807, 2.05) is 13.8 Å². The summed E-state index contributed by atoms with van der Waals surface area (Å²) in [4.78, 5) is 16.2. The lowest BCUT2D eigenvalue weighted by molar-refractivity contribution is -0.125. The van der Waals surface area contributed by atoms with Crippen LogP contribution in [0.3, 0.4) is 0 Å². The van der Waals surface area contributed by atoms with E-state index >= 15 is 0 Å².